The predicted octanol–water partition coefficient (Wildman–Crippen LogP) is 1.73. The third kappa shape index (κ3) is 5.01. The van der Waals surface area contributed by atoms with E-state index in [0.29, 0.717) is 24.5 Å². The fourth-order valence-corrected chi connectivity index (χ4v) is 1.68. The Kier molecular flexibility index (Phi) is 6.73. The number of hydrogen-bond donors (Lipinski definition) is 1. The molecule has 1 unspecified atom stereocenters. The Morgan fingerprint density at radius 3 is 2.85 bits per heavy atom. The number of carbonyl (C=O) groups excluding carboxylic acids is 2. The number of amides is 1. The van der Waals surface area contributed by atoms with E-state index >= 15 is 0 Å². The van der Waals surface area contributed by atoms with Gasteiger partial charge in [-0.25, -0.2) is 0 Å². The van der Waals surface area contributed by atoms with E-state index in [1.54, 1.807) is 26.2 Å². The molecule has 0 bridgehead atoms. The molecule has 0 radical (unpaired) electrons. The van der Waals surface area contributed by atoms with Crippen LogP contribution in [0.4, 0.5) is 0 Å². The molecule has 0 aliphatic carbocycles. The molecule has 1 aromatic carbocycles. The van der Waals surface area contributed by atoms with Gasteiger partial charge in [0.1, 0.15) is 5.75 Å². The number of carbonyl (C=O) groups is 2. The van der Waals surface area contributed by atoms with Crippen molar-refractivity contribution in [3.8, 4) is 5.75 Å². The molecule has 1 rings (SSSR count). The molecule has 0 fully saturated rings. The molecule has 5 heteroatoms. The maximum atomic E-state index is 11.8. The van der Waals surface area contributed by atoms with Crippen LogP contribution < -0.4 is 10.1 Å². The first-order chi connectivity index (χ1) is 9.58. The zero-order valence-electron chi connectivity index (χ0n) is 12.1. The fourth-order valence-electron chi connectivity index (χ4n) is 1.68. The summed E-state index contributed by atoms with van der Waals surface area (Å²) in [5.41, 5.74) is 1.42. The summed E-state index contributed by atoms with van der Waals surface area (Å²) in [7, 11) is 1.62. The molecule has 20 heavy (non-hydrogen) atoms. The van der Waals surface area contributed by atoms with Gasteiger partial charge in [0.15, 0.2) is 12.4 Å². The smallest absolute Gasteiger partial charge is 0.260 e. The lowest BCUT2D eigenvalue weighted by Gasteiger charge is -2.16. The molecule has 0 saturated carbocycles. The summed E-state index contributed by atoms with van der Waals surface area (Å²) in [5, 5.41) is 2.75. The lowest BCUT2D eigenvalue weighted by atomic mass is 10.1. The molecule has 5 nitrogen and oxygen atoms in total. The molecular formula is C15H21NO4. The summed E-state index contributed by atoms with van der Waals surface area (Å²) in [6, 6.07) is 5.27. The summed E-state index contributed by atoms with van der Waals surface area (Å²) >= 11 is 0. The lowest BCUT2D eigenvalue weighted by Crippen LogP contribution is -2.37. The highest BCUT2D eigenvalue weighted by Crippen LogP contribution is 2.19. The van der Waals surface area contributed by atoms with Gasteiger partial charge < -0.3 is 14.8 Å². The van der Waals surface area contributed by atoms with Crippen LogP contribution in [-0.4, -0.2) is 38.6 Å². The van der Waals surface area contributed by atoms with E-state index in [9.17, 15) is 9.59 Å². The average molecular weight is 279 g/mol. The highest BCUT2D eigenvalue weighted by molar-refractivity contribution is 5.82. The van der Waals surface area contributed by atoms with Gasteiger partial charge in [-0.05, 0) is 32.4 Å². The minimum Gasteiger partial charge on any atom is -0.480 e. The zero-order chi connectivity index (χ0) is 15.0. The second-order valence-electron chi connectivity index (χ2n) is 4.56. The van der Waals surface area contributed by atoms with Gasteiger partial charge in [-0.2, -0.15) is 0 Å². The highest BCUT2D eigenvalue weighted by atomic mass is 16.5. The summed E-state index contributed by atoms with van der Waals surface area (Å²) < 4.78 is 10.4. The number of aldehydes is 1. The van der Waals surface area contributed by atoms with Crippen LogP contribution in [0.1, 0.15) is 29.3 Å². The van der Waals surface area contributed by atoms with Crippen LogP contribution in [0, 0.1) is 6.92 Å². The van der Waals surface area contributed by atoms with E-state index < -0.39 is 6.10 Å². The first-order valence-corrected chi connectivity index (χ1v) is 6.57. The maximum Gasteiger partial charge on any atom is 0.260 e. The molecule has 0 aromatic heterocycles. The maximum absolute atomic E-state index is 11.8. The Morgan fingerprint density at radius 2 is 2.20 bits per heavy atom. The van der Waals surface area contributed by atoms with Crippen molar-refractivity contribution in [1.82, 2.24) is 5.32 Å². The third-order valence-corrected chi connectivity index (χ3v) is 2.79. The molecule has 1 aromatic rings. The van der Waals surface area contributed by atoms with Crippen LogP contribution in [0.15, 0.2) is 18.2 Å². The Balaban J connectivity index is 2.54. The molecule has 1 N–H and O–H groups in total. The molecule has 0 heterocycles. The van der Waals surface area contributed by atoms with Crippen LogP contribution >= 0.6 is 0 Å². The Bertz CT molecular complexity index is 459. The van der Waals surface area contributed by atoms with Crippen molar-refractivity contribution in [2.75, 3.05) is 20.3 Å². The Morgan fingerprint density at radius 1 is 1.45 bits per heavy atom. The van der Waals surface area contributed by atoms with Crippen LogP contribution in [0.5, 0.6) is 5.75 Å². The second kappa shape index (κ2) is 8.32. The van der Waals surface area contributed by atoms with Gasteiger partial charge in [0.25, 0.3) is 5.91 Å². The van der Waals surface area contributed by atoms with E-state index in [1.165, 1.54) is 0 Å². The molecule has 1 atom stereocenters. The summed E-state index contributed by atoms with van der Waals surface area (Å²) in [5.74, 6) is 0.212. The number of benzene rings is 1. The molecule has 0 aliphatic rings. The summed E-state index contributed by atoms with van der Waals surface area (Å²) in [6.45, 7) is 4.68. The van der Waals surface area contributed by atoms with Crippen molar-refractivity contribution in [2.24, 2.45) is 0 Å². The normalized spacial score (nSPS) is 11.8. The van der Waals surface area contributed by atoms with Gasteiger partial charge in [0.2, 0.25) is 0 Å². The van der Waals surface area contributed by atoms with E-state index in [4.69, 9.17) is 9.47 Å². The molecule has 110 valence electrons. The van der Waals surface area contributed by atoms with Crippen molar-refractivity contribution in [2.45, 2.75) is 26.4 Å². The van der Waals surface area contributed by atoms with Gasteiger partial charge in [-0.15, -0.1) is 0 Å². The van der Waals surface area contributed by atoms with Crippen molar-refractivity contribution in [3.05, 3.63) is 29.3 Å². The quantitative estimate of drug-likeness (QED) is 0.581. The fraction of sp³-hybridized carbons (Fsp3) is 0.467. The van der Waals surface area contributed by atoms with Crippen LogP contribution in [0.3, 0.4) is 0 Å². The molecule has 0 aliphatic heterocycles. The Labute approximate surface area is 119 Å². The molecule has 0 saturated heterocycles. The largest absolute Gasteiger partial charge is 0.480 e. The molecule has 0 spiro atoms. The van der Waals surface area contributed by atoms with Crippen LogP contribution in [0.2, 0.25) is 0 Å². The SMILES string of the molecule is COCCCNC(=O)C(C)Oc1ccc(C)cc1C=O. The van der Waals surface area contributed by atoms with Gasteiger partial charge in [-0.3, -0.25) is 9.59 Å². The summed E-state index contributed by atoms with van der Waals surface area (Å²) in [6.07, 6.45) is 0.823. The van der Waals surface area contributed by atoms with Crippen LogP contribution in [0.25, 0.3) is 0 Å². The Hall–Kier alpha value is -1.88. The highest BCUT2D eigenvalue weighted by Gasteiger charge is 2.15. The predicted molar refractivity (Wildman–Crippen MR) is 76.2 cm³/mol. The first-order valence-electron chi connectivity index (χ1n) is 6.57. The van der Waals surface area contributed by atoms with Crippen molar-refractivity contribution in [3.63, 3.8) is 0 Å². The van der Waals surface area contributed by atoms with Gasteiger partial charge in [0, 0.05) is 20.3 Å². The van der Waals surface area contributed by atoms with E-state index in [1.807, 2.05) is 13.0 Å². The minimum absolute atomic E-state index is 0.210. The third-order valence-electron chi connectivity index (χ3n) is 2.79. The topological polar surface area (TPSA) is 64.6 Å². The van der Waals surface area contributed by atoms with E-state index in [2.05, 4.69) is 5.32 Å². The standard InChI is InChI=1S/C15H21NO4/c1-11-5-6-14(13(9-11)10-17)20-12(2)15(18)16-7-4-8-19-3/h5-6,9-10,12H,4,7-8H2,1-3H3,(H,16,18). The first kappa shape index (κ1) is 16.2. The van der Waals surface area contributed by atoms with Crippen molar-refractivity contribution < 1.29 is 19.1 Å². The van der Waals surface area contributed by atoms with Gasteiger partial charge in [-0.1, -0.05) is 11.6 Å². The van der Waals surface area contributed by atoms with Crippen molar-refractivity contribution in [1.29, 1.82) is 0 Å². The number of aryl methyl sites for hydroxylation is 1. The van der Waals surface area contributed by atoms with E-state index in [-0.39, 0.29) is 5.91 Å². The number of methoxy groups -OCH3 is 1. The number of ether oxygens (including phenoxy) is 2. The second-order valence-corrected chi connectivity index (χ2v) is 4.56. The lowest BCUT2D eigenvalue weighted by molar-refractivity contribution is -0.127. The van der Waals surface area contributed by atoms with E-state index in [0.717, 1.165) is 18.3 Å². The number of hydrogen-bond acceptors (Lipinski definition) is 4. The van der Waals surface area contributed by atoms with Gasteiger partial charge >= 0.3 is 0 Å². The monoisotopic (exact) mass is 279 g/mol. The van der Waals surface area contributed by atoms with Crippen molar-refractivity contribution >= 4 is 12.2 Å². The number of nitrogens with one attached hydrogen (secondary N) is 1. The van der Waals surface area contributed by atoms with Gasteiger partial charge in [0.05, 0.1) is 5.56 Å². The zero-order valence-corrected chi connectivity index (χ0v) is 12.1. The number of rotatable bonds is 8. The minimum atomic E-state index is -0.654. The average Bonchev–Trinajstić information content (AvgIpc) is 2.45. The molecular weight excluding hydrogens is 258 g/mol. The molecule has 1 amide bonds. The summed E-state index contributed by atoms with van der Waals surface area (Å²) in [4.78, 5) is 22.8. The van der Waals surface area contributed by atoms with Crippen LogP contribution in [-0.2, 0) is 9.53 Å².